The van der Waals surface area contributed by atoms with Crippen LogP contribution in [0.15, 0.2) is 10.7 Å². The number of nitriles is 1. The maximum atomic E-state index is 11.8. The summed E-state index contributed by atoms with van der Waals surface area (Å²) in [6, 6.07) is 3.58. The van der Waals surface area contributed by atoms with Gasteiger partial charge in [0.05, 0.1) is 5.69 Å². The number of anilines is 2. The first-order chi connectivity index (χ1) is 8.02. The third-order valence-electron chi connectivity index (χ3n) is 2.45. The Morgan fingerprint density at radius 2 is 2.35 bits per heavy atom. The van der Waals surface area contributed by atoms with E-state index in [1.807, 2.05) is 6.07 Å². The molecule has 2 N–H and O–H groups in total. The first kappa shape index (κ1) is 12.3. The predicted octanol–water partition coefficient (Wildman–Crippen LogP) is 1.80. The first-order valence-electron chi connectivity index (χ1n) is 4.83. The van der Waals surface area contributed by atoms with Crippen LogP contribution in [0.5, 0.6) is 0 Å². The molecule has 7 heteroatoms. The highest BCUT2D eigenvalue weighted by molar-refractivity contribution is 9.10. The van der Waals surface area contributed by atoms with Gasteiger partial charge in [-0.3, -0.25) is 4.79 Å². The number of nitrogens with two attached hydrogens (primary N) is 1. The molecule has 1 aliphatic heterocycles. The van der Waals surface area contributed by atoms with Gasteiger partial charge in [-0.2, -0.15) is 5.26 Å². The van der Waals surface area contributed by atoms with Crippen LogP contribution in [0.1, 0.15) is 12.0 Å². The quantitative estimate of drug-likeness (QED) is 0.612. The summed E-state index contributed by atoms with van der Waals surface area (Å²) in [7, 11) is 0. The summed E-state index contributed by atoms with van der Waals surface area (Å²) >= 11 is 6.57. The van der Waals surface area contributed by atoms with Gasteiger partial charge in [0.25, 0.3) is 0 Å². The van der Waals surface area contributed by atoms with Gasteiger partial charge in [0.2, 0.25) is 5.91 Å². The molecule has 0 saturated carbocycles. The maximum Gasteiger partial charge on any atom is 0.228 e. The molecule has 0 bridgehead atoms. The van der Waals surface area contributed by atoms with Crippen molar-refractivity contribution in [1.29, 1.82) is 5.26 Å². The zero-order chi connectivity index (χ0) is 12.6. The molecule has 0 aliphatic carbocycles. The fraction of sp³-hybridized carbons (Fsp3) is 0.300. The van der Waals surface area contributed by atoms with Crippen molar-refractivity contribution in [2.75, 3.05) is 17.2 Å². The lowest BCUT2D eigenvalue weighted by atomic mass is 10.2. The third kappa shape index (κ3) is 2.28. The topological polar surface area (TPSA) is 83.0 Å². The first-order valence-corrected chi connectivity index (χ1v) is 6.54. The Morgan fingerprint density at radius 3 is 2.88 bits per heavy atom. The molecule has 1 amide bonds. The van der Waals surface area contributed by atoms with Gasteiger partial charge in [-0.05, 0) is 15.9 Å². The molecule has 1 aliphatic rings. The minimum atomic E-state index is -0.0270. The zero-order valence-corrected chi connectivity index (χ0v) is 11.8. The normalized spacial score (nSPS) is 19.5. The van der Waals surface area contributed by atoms with Crippen molar-refractivity contribution < 1.29 is 4.79 Å². The van der Waals surface area contributed by atoms with Crippen LogP contribution in [0.2, 0.25) is 0 Å². The van der Waals surface area contributed by atoms with Crippen molar-refractivity contribution in [2.45, 2.75) is 11.2 Å². The van der Waals surface area contributed by atoms with E-state index >= 15 is 0 Å². The lowest BCUT2D eigenvalue weighted by Crippen LogP contribution is -2.26. The summed E-state index contributed by atoms with van der Waals surface area (Å²) in [5, 5.41) is 9.09. The number of aromatic nitrogens is 1. The minimum absolute atomic E-state index is 0.0270. The van der Waals surface area contributed by atoms with Crippen LogP contribution < -0.4 is 10.6 Å². The van der Waals surface area contributed by atoms with Gasteiger partial charge >= 0.3 is 0 Å². The number of carbonyl (C=O) groups excluding carboxylic acids is 1. The smallest absolute Gasteiger partial charge is 0.228 e. The monoisotopic (exact) mass is 358 g/mol. The average Bonchev–Trinajstić information content (AvgIpc) is 2.56. The van der Waals surface area contributed by atoms with Gasteiger partial charge in [-0.25, -0.2) is 4.98 Å². The van der Waals surface area contributed by atoms with Crippen molar-refractivity contribution in [1.82, 2.24) is 4.98 Å². The van der Waals surface area contributed by atoms with E-state index < -0.39 is 0 Å². The highest BCUT2D eigenvalue weighted by atomic mass is 79.9. The van der Waals surface area contributed by atoms with Gasteiger partial charge in [0.1, 0.15) is 22.1 Å². The van der Waals surface area contributed by atoms with E-state index in [-0.39, 0.29) is 16.6 Å². The van der Waals surface area contributed by atoms with E-state index in [2.05, 4.69) is 36.8 Å². The number of amides is 1. The highest BCUT2D eigenvalue weighted by Gasteiger charge is 2.31. The molecule has 1 unspecified atom stereocenters. The summed E-state index contributed by atoms with van der Waals surface area (Å²) in [4.78, 5) is 17.4. The molecule has 2 rings (SSSR count). The van der Waals surface area contributed by atoms with Crippen LogP contribution in [0, 0.1) is 11.3 Å². The molecule has 17 heavy (non-hydrogen) atoms. The van der Waals surface area contributed by atoms with Gasteiger partial charge < -0.3 is 10.6 Å². The van der Waals surface area contributed by atoms with Crippen LogP contribution in [0.3, 0.4) is 0 Å². The average molecular weight is 360 g/mol. The molecule has 2 heterocycles. The number of carbonyl (C=O) groups is 1. The molecular weight excluding hydrogens is 352 g/mol. The van der Waals surface area contributed by atoms with Crippen molar-refractivity contribution in [3.8, 4) is 6.07 Å². The molecule has 5 nitrogen and oxygen atoms in total. The van der Waals surface area contributed by atoms with Crippen LogP contribution in [-0.4, -0.2) is 22.3 Å². The lowest BCUT2D eigenvalue weighted by Gasteiger charge is -2.18. The van der Waals surface area contributed by atoms with Gasteiger partial charge in [-0.15, -0.1) is 0 Å². The van der Waals surface area contributed by atoms with Crippen molar-refractivity contribution >= 4 is 49.3 Å². The Labute approximate surface area is 115 Å². The largest absolute Gasteiger partial charge is 0.384 e. The number of pyridine rings is 1. The number of alkyl halides is 1. The van der Waals surface area contributed by atoms with E-state index in [1.54, 1.807) is 11.0 Å². The number of hydrogen-bond acceptors (Lipinski definition) is 4. The standard InChI is InChI=1S/C10H8Br2N4O/c11-5-1-9(17)16(4-5)7-2-8(14)15-10(12)6(7)3-13/h2,5H,1,4H2,(H2,14,15). The van der Waals surface area contributed by atoms with Gasteiger partial charge in [0, 0.05) is 23.9 Å². The van der Waals surface area contributed by atoms with Crippen LogP contribution >= 0.6 is 31.9 Å². The number of hydrogen-bond donors (Lipinski definition) is 1. The molecule has 1 aromatic heterocycles. The molecule has 1 fully saturated rings. The Bertz CT molecular complexity index is 526. The third-order valence-corrected chi connectivity index (χ3v) is 3.64. The Balaban J connectivity index is 2.52. The minimum Gasteiger partial charge on any atom is -0.384 e. The molecular formula is C10H8Br2N4O. The lowest BCUT2D eigenvalue weighted by molar-refractivity contribution is -0.117. The Morgan fingerprint density at radius 1 is 1.65 bits per heavy atom. The molecule has 1 saturated heterocycles. The van der Waals surface area contributed by atoms with Gasteiger partial charge in [0.15, 0.2) is 0 Å². The van der Waals surface area contributed by atoms with E-state index in [9.17, 15) is 4.79 Å². The van der Waals surface area contributed by atoms with Gasteiger partial charge in [-0.1, -0.05) is 15.9 Å². The van der Waals surface area contributed by atoms with Crippen LogP contribution in [0.4, 0.5) is 11.5 Å². The highest BCUT2D eigenvalue weighted by Crippen LogP contribution is 2.32. The number of rotatable bonds is 1. The molecule has 88 valence electrons. The summed E-state index contributed by atoms with van der Waals surface area (Å²) in [6.07, 6.45) is 0.421. The molecule has 1 atom stereocenters. The number of nitrogen functional groups attached to an aromatic ring is 1. The fourth-order valence-corrected chi connectivity index (χ4v) is 2.80. The molecule has 0 spiro atoms. The number of halogens is 2. The Hall–Kier alpha value is -1.13. The second-order valence-corrected chi connectivity index (χ2v) is 5.70. The molecule has 1 aromatic rings. The van der Waals surface area contributed by atoms with Crippen molar-refractivity contribution in [3.05, 3.63) is 16.2 Å². The fourth-order valence-electron chi connectivity index (χ4n) is 1.73. The Kier molecular flexibility index (Phi) is 3.35. The predicted molar refractivity (Wildman–Crippen MR) is 70.7 cm³/mol. The SMILES string of the molecule is N#Cc1c(N2CC(Br)CC2=O)cc(N)nc1Br. The molecule has 0 aromatic carbocycles. The second-order valence-electron chi connectivity index (χ2n) is 3.65. The summed E-state index contributed by atoms with van der Waals surface area (Å²) < 4.78 is 0.362. The van der Waals surface area contributed by atoms with E-state index in [0.717, 1.165) is 0 Å². The van der Waals surface area contributed by atoms with E-state index in [4.69, 9.17) is 11.0 Å². The van der Waals surface area contributed by atoms with Crippen LogP contribution in [0.25, 0.3) is 0 Å². The number of nitrogens with zero attached hydrogens (tertiary/aromatic N) is 3. The maximum absolute atomic E-state index is 11.8. The second kappa shape index (κ2) is 4.63. The summed E-state index contributed by atoms with van der Waals surface area (Å²) in [5.41, 5.74) is 6.47. The van der Waals surface area contributed by atoms with Crippen molar-refractivity contribution in [3.63, 3.8) is 0 Å². The zero-order valence-electron chi connectivity index (χ0n) is 8.65. The van der Waals surface area contributed by atoms with E-state index in [0.29, 0.717) is 28.8 Å². The van der Waals surface area contributed by atoms with Crippen LogP contribution in [-0.2, 0) is 4.79 Å². The summed E-state index contributed by atoms with van der Waals surface area (Å²) in [5.74, 6) is 0.248. The van der Waals surface area contributed by atoms with E-state index in [1.165, 1.54) is 0 Å². The van der Waals surface area contributed by atoms with Crippen molar-refractivity contribution in [2.24, 2.45) is 0 Å². The summed E-state index contributed by atoms with van der Waals surface area (Å²) in [6.45, 7) is 0.531. The molecule has 0 radical (unpaired) electrons.